The first kappa shape index (κ1) is 20.5. The molecule has 1 rings (SSSR count). The van der Waals surface area contributed by atoms with Crippen molar-refractivity contribution in [2.24, 2.45) is 0 Å². The minimum Gasteiger partial charge on any atom is -0.489 e. The number of aromatic nitrogens is 1. The van der Waals surface area contributed by atoms with E-state index in [1.807, 2.05) is 18.3 Å². The van der Waals surface area contributed by atoms with Gasteiger partial charge in [0.1, 0.15) is 10.4 Å². The molecule has 1 aromatic heterocycles. The summed E-state index contributed by atoms with van der Waals surface area (Å²) in [7, 11) is 0. The van der Waals surface area contributed by atoms with E-state index in [9.17, 15) is 0 Å². The molecule has 0 amide bonds. The topological polar surface area (TPSA) is 22.1 Å². The molecule has 0 radical (unpaired) electrons. The highest BCUT2D eigenvalue weighted by Crippen LogP contribution is 2.19. The normalized spacial score (nSPS) is 12.3. The molecule has 0 N–H and O–H groups in total. The van der Waals surface area contributed by atoms with E-state index in [-0.39, 0.29) is 0 Å². The third kappa shape index (κ3) is 10.8. The summed E-state index contributed by atoms with van der Waals surface area (Å²) in [5.74, 6) is 0.891. The van der Waals surface area contributed by atoms with Gasteiger partial charge in [-0.15, -0.1) is 0 Å². The van der Waals surface area contributed by atoms with E-state index in [4.69, 9.17) is 4.74 Å². The fourth-order valence-electron chi connectivity index (χ4n) is 2.89. The lowest BCUT2D eigenvalue weighted by Crippen LogP contribution is -2.16. The average molecular weight is 384 g/mol. The number of pyridine rings is 1. The van der Waals surface area contributed by atoms with Crippen LogP contribution in [-0.4, -0.2) is 11.1 Å². The van der Waals surface area contributed by atoms with Crippen molar-refractivity contribution in [1.29, 1.82) is 0 Å². The number of ether oxygens (including phenoxy) is 1. The molecule has 0 saturated heterocycles. The van der Waals surface area contributed by atoms with E-state index in [1.165, 1.54) is 70.6 Å². The number of hydrogen-bond donors (Lipinski definition) is 0. The highest BCUT2D eigenvalue weighted by Gasteiger charge is 2.09. The van der Waals surface area contributed by atoms with Gasteiger partial charge in [0, 0.05) is 0 Å². The third-order valence-electron chi connectivity index (χ3n) is 4.24. The summed E-state index contributed by atoms with van der Waals surface area (Å²) in [4.78, 5) is 4.24. The van der Waals surface area contributed by atoms with Gasteiger partial charge in [-0.1, -0.05) is 71.6 Å². The molecule has 132 valence electrons. The van der Waals surface area contributed by atoms with Gasteiger partial charge in [0.05, 0.1) is 12.3 Å². The van der Waals surface area contributed by atoms with Gasteiger partial charge in [0.25, 0.3) is 0 Å². The molecule has 0 aromatic carbocycles. The van der Waals surface area contributed by atoms with Crippen molar-refractivity contribution in [1.82, 2.24) is 4.98 Å². The van der Waals surface area contributed by atoms with Crippen LogP contribution in [0.15, 0.2) is 22.9 Å². The van der Waals surface area contributed by atoms with Gasteiger partial charge in [0.2, 0.25) is 0 Å². The zero-order valence-corrected chi connectivity index (χ0v) is 16.6. The quantitative estimate of drug-likeness (QED) is 0.248. The fraction of sp³-hybridized carbons (Fsp3) is 0.750. The Morgan fingerprint density at radius 2 is 1.52 bits per heavy atom. The SMILES string of the molecule is CCCCCCCCCCCC(CCC)Oc1ccc(Br)nc1. The first-order valence-electron chi connectivity index (χ1n) is 9.54. The Balaban J connectivity index is 2.12. The molecule has 23 heavy (non-hydrogen) atoms. The lowest BCUT2D eigenvalue weighted by atomic mass is 10.0. The van der Waals surface area contributed by atoms with Crippen LogP contribution in [0.3, 0.4) is 0 Å². The second-order valence-electron chi connectivity index (χ2n) is 6.46. The molecule has 0 fully saturated rings. The molecule has 0 aliphatic rings. The predicted molar refractivity (Wildman–Crippen MR) is 103 cm³/mol. The molecule has 0 aliphatic heterocycles. The standard InChI is InChI=1S/C20H34BrNO/c1-3-5-6-7-8-9-10-11-12-14-18(13-4-2)23-19-15-16-20(21)22-17-19/h15-18H,3-14H2,1-2H3. The molecular formula is C20H34BrNO. The summed E-state index contributed by atoms with van der Waals surface area (Å²) >= 11 is 3.36. The smallest absolute Gasteiger partial charge is 0.138 e. The Labute approximate surface area is 151 Å². The van der Waals surface area contributed by atoms with Gasteiger partial charge in [0.15, 0.2) is 0 Å². The average Bonchev–Trinajstić information content (AvgIpc) is 2.55. The summed E-state index contributed by atoms with van der Waals surface area (Å²) in [5, 5.41) is 0. The van der Waals surface area contributed by atoms with Crippen molar-refractivity contribution in [2.75, 3.05) is 0 Å². The van der Waals surface area contributed by atoms with E-state index in [0.717, 1.165) is 16.8 Å². The Morgan fingerprint density at radius 3 is 2.09 bits per heavy atom. The number of hydrogen-bond acceptors (Lipinski definition) is 2. The molecule has 1 aromatic rings. The van der Waals surface area contributed by atoms with Gasteiger partial charge in [-0.3, -0.25) is 0 Å². The van der Waals surface area contributed by atoms with Gasteiger partial charge in [-0.05, 0) is 47.3 Å². The van der Waals surface area contributed by atoms with E-state index < -0.39 is 0 Å². The minimum atomic E-state index is 0.340. The van der Waals surface area contributed by atoms with Crippen LogP contribution in [0.4, 0.5) is 0 Å². The van der Waals surface area contributed by atoms with Crippen LogP contribution in [0.1, 0.15) is 90.9 Å². The largest absolute Gasteiger partial charge is 0.489 e. The summed E-state index contributed by atoms with van der Waals surface area (Å²) in [6.07, 6.45) is 18.0. The lowest BCUT2D eigenvalue weighted by Gasteiger charge is -2.18. The van der Waals surface area contributed by atoms with Gasteiger partial charge < -0.3 is 4.74 Å². The monoisotopic (exact) mass is 383 g/mol. The van der Waals surface area contributed by atoms with Crippen LogP contribution in [-0.2, 0) is 0 Å². The van der Waals surface area contributed by atoms with E-state index in [2.05, 4.69) is 34.8 Å². The Hall–Kier alpha value is -0.570. The zero-order valence-electron chi connectivity index (χ0n) is 15.0. The second kappa shape index (κ2) is 13.8. The molecule has 0 spiro atoms. The first-order chi connectivity index (χ1) is 11.3. The maximum Gasteiger partial charge on any atom is 0.138 e. The van der Waals surface area contributed by atoms with Crippen LogP contribution < -0.4 is 4.74 Å². The fourth-order valence-corrected chi connectivity index (χ4v) is 3.13. The Morgan fingerprint density at radius 1 is 0.870 bits per heavy atom. The van der Waals surface area contributed by atoms with Crippen molar-refractivity contribution in [3.8, 4) is 5.75 Å². The molecule has 0 aliphatic carbocycles. The Kier molecular flexibility index (Phi) is 12.3. The molecule has 1 unspecified atom stereocenters. The molecule has 0 bridgehead atoms. The molecule has 1 atom stereocenters. The highest BCUT2D eigenvalue weighted by molar-refractivity contribution is 9.10. The van der Waals surface area contributed by atoms with Crippen molar-refractivity contribution in [2.45, 2.75) is 97.0 Å². The summed E-state index contributed by atoms with van der Waals surface area (Å²) < 4.78 is 6.96. The number of rotatable bonds is 14. The third-order valence-corrected chi connectivity index (χ3v) is 4.71. The molecule has 0 saturated carbocycles. The van der Waals surface area contributed by atoms with Gasteiger partial charge >= 0.3 is 0 Å². The van der Waals surface area contributed by atoms with Gasteiger partial charge in [-0.25, -0.2) is 4.98 Å². The van der Waals surface area contributed by atoms with Crippen LogP contribution in [0, 0.1) is 0 Å². The number of nitrogens with zero attached hydrogens (tertiary/aromatic N) is 1. The van der Waals surface area contributed by atoms with Crippen molar-refractivity contribution < 1.29 is 4.74 Å². The van der Waals surface area contributed by atoms with E-state index in [0.29, 0.717) is 6.10 Å². The van der Waals surface area contributed by atoms with Crippen LogP contribution >= 0.6 is 15.9 Å². The van der Waals surface area contributed by atoms with Crippen molar-refractivity contribution >= 4 is 15.9 Å². The highest BCUT2D eigenvalue weighted by atomic mass is 79.9. The molecular weight excluding hydrogens is 350 g/mol. The molecule has 1 heterocycles. The lowest BCUT2D eigenvalue weighted by molar-refractivity contribution is 0.175. The predicted octanol–water partition coefficient (Wildman–Crippen LogP) is 7.31. The molecule has 2 nitrogen and oxygen atoms in total. The maximum absolute atomic E-state index is 6.10. The van der Waals surface area contributed by atoms with Crippen molar-refractivity contribution in [3.05, 3.63) is 22.9 Å². The van der Waals surface area contributed by atoms with Gasteiger partial charge in [-0.2, -0.15) is 0 Å². The molecule has 3 heteroatoms. The number of unbranched alkanes of at least 4 members (excludes halogenated alkanes) is 8. The van der Waals surface area contributed by atoms with Crippen LogP contribution in [0.25, 0.3) is 0 Å². The minimum absolute atomic E-state index is 0.340. The van der Waals surface area contributed by atoms with Crippen LogP contribution in [0.2, 0.25) is 0 Å². The summed E-state index contributed by atoms with van der Waals surface area (Å²) in [6, 6.07) is 3.94. The summed E-state index contributed by atoms with van der Waals surface area (Å²) in [6.45, 7) is 4.51. The van der Waals surface area contributed by atoms with E-state index >= 15 is 0 Å². The Bertz CT molecular complexity index is 380. The maximum atomic E-state index is 6.10. The second-order valence-corrected chi connectivity index (χ2v) is 7.27. The summed E-state index contributed by atoms with van der Waals surface area (Å²) in [5.41, 5.74) is 0. The van der Waals surface area contributed by atoms with E-state index in [1.54, 1.807) is 0 Å². The van der Waals surface area contributed by atoms with Crippen LogP contribution in [0.5, 0.6) is 5.75 Å². The number of halogens is 1. The zero-order chi connectivity index (χ0) is 16.8. The first-order valence-corrected chi connectivity index (χ1v) is 10.3. The van der Waals surface area contributed by atoms with Crippen molar-refractivity contribution in [3.63, 3.8) is 0 Å².